The van der Waals surface area contributed by atoms with Gasteiger partial charge in [0.1, 0.15) is 5.60 Å². The molecule has 108 valence electrons. The van der Waals surface area contributed by atoms with E-state index in [4.69, 9.17) is 22.8 Å². The van der Waals surface area contributed by atoms with Gasteiger partial charge in [0.05, 0.1) is 6.04 Å². The van der Waals surface area contributed by atoms with Crippen LogP contribution in [0.1, 0.15) is 46.5 Å². The maximum atomic E-state index is 11.8. The molecular weight excluding hydrogens is 266 g/mol. The lowest BCUT2D eigenvalue weighted by Gasteiger charge is -2.24. The van der Waals surface area contributed by atoms with Crippen LogP contribution in [0.3, 0.4) is 0 Å². The molecule has 1 amide bonds. The molecular formula is C11H21N5O2S. The highest BCUT2D eigenvalue weighted by Gasteiger charge is 2.26. The van der Waals surface area contributed by atoms with Gasteiger partial charge in [-0.2, -0.15) is 5.10 Å². The van der Waals surface area contributed by atoms with Crippen LogP contribution < -0.4 is 11.2 Å². The fraction of sp³-hybridized carbons (Fsp3) is 0.727. The molecule has 19 heavy (non-hydrogen) atoms. The molecule has 4 N–H and O–H groups in total. The van der Waals surface area contributed by atoms with Gasteiger partial charge in [0, 0.05) is 0 Å². The van der Waals surface area contributed by atoms with E-state index >= 15 is 0 Å². The smallest absolute Gasteiger partial charge is 0.408 e. The van der Waals surface area contributed by atoms with Crippen LogP contribution in [0.4, 0.5) is 4.79 Å². The number of carbonyl (C=O) groups excluding carboxylic acids is 1. The van der Waals surface area contributed by atoms with E-state index < -0.39 is 11.7 Å². The summed E-state index contributed by atoms with van der Waals surface area (Å²) >= 11 is 4.96. The van der Waals surface area contributed by atoms with Crippen LogP contribution in [-0.2, 0) is 4.74 Å². The van der Waals surface area contributed by atoms with Crippen molar-refractivity contribution in [2.45, 2.75) is 46.3 Å². The highest BCUT2D eigenvalue weighted by molar-refractivity contribution is 7.71. The van der Waals surface area contributed by atoms with Crippen molar-refractivity contribution in [3.63, 3.8) is 0 Å². The van der Waals surface area contributed by atoms with E-state index in [1.165, 1.54) is 4.68 Å². The number of aromatic nitrogens is 3. The van der Waals surface area contributed by atoms with Gasteiger partial charge in [0.25, 0.3) is 0 Å². The van der Waals surface area contributed by atoms with Gasteiger partial charge in [0.15, 0.2) is 5.82 Å². The van der Waals surface area contributed by atoms with Crippen LogP contribution in [0, 0.1) is 10.7 Å². The Hall–Kier alpha value is -1.57. The zero-order valence-electron chi connectivity index (χ0n) is 11.9. The highest BCUT2D eigenvalue weighted by Crippen LogP contribution is 2.19. The summed E-state index contributed by atoms with van der Waals surface area (Å²) in [6.07, 6.45) is -0.514. The van der Waals surface area contributed by atoms with Gasteiger partial charge in [-0.25, -0.2) is 9.47 Å². The first kappa shape index (κ1) is 15.5. The second kappa shape index (κ2) is 5.60. The summed E-state index contributed by atoms with van der Waals surface area (Å²) in [5, 5.41) is 9.38. The third-order valence-corrected chi connectivity index (χ3v) is 2.64. The number of rotatable bonds is 3. The lowest BCUT2D eigenvalue weighted by molar-refractivity contribution is 0.0485. The first-order valence-electron chi connectivity index (χ1n) is 6.03. The van der Waals surface area contributed by atoms with Gasteiger partial charge in [-0.1, -0.05) is 13.8 Å². The first-order valence-corrected chi connectivity index (χ1v) is 6.44. The Bertz CT molecular complexity index is 500. The van der Waals surface area contributed by atoms with Gasteiger partial charge < -0.3 is 15.9 Å². The van der Waals surface area contributed by atoms with E-state index in [0.29, 0.717) is 10.6 Å². The number of H-pyrrole nitrogens is 1. The van der Waals surface area contributed by atoms with Crippen LogP contribution in [-0.4, -0.2) is 26.6 Å². The summed E-state index contributed by atoms with van der Waals surface area (Å²) < 4.78 is 6.77. The molecule has 0 unspecified atom stereocenters. The van der Waals surface area contributed by atoms with Gasteiger partial charge in [-0.15, -0.1) is 0 Å². The molecule has 0 saturated carbocycles. The quantitative estimate of drug-likeness (QED) is 0.582. The number of nitrogens with zero attached hydrogens (tertiary/aromatic N) is 2. The largest absolute Gasteiger partial charge is 0.444 e. The minimum atomic E-state index is -0.556. The molecule has 7 nitrogen and oxygen atoms in total. The maximum absolute atomic E-state index is 11.8. The van der Waals surface area contributed by atoms with Gasteiger partial charge in [0.2, 0.25) is 4.77 Å². The molecule has 1 rings (SSSR count). The Morgan fingerprint density at radius 2 is 2.11 bits per heavy atom. The fourth-order valence-electron chi connectivity index (χ4n) is 1.50. The number of alkyl carbamates (subject to hydrolysis) is 1. The molecule has 1 atom stereocenters. The number of hydrogen-bond acceptors (Lipinski definition) is 5. The van der Waals surface area contributed by atoms with Crippen LogP contribution in [0.15, 0.2) is 0 Å². The minimum absolute atomic E-state index is 0.0834. The van der Waals surface area contributed by atoms with Gasteiger partial charge in [-0.05, 0) is 38.9 Å². The van der Waals surface area contributed by atoms with Crippen LogP contribution in [0.5, 0.6) is 0 Å². The second-order valence-electron chi connectivity index (χ2n) is 5.62. The number of hydrogen-bond donors (Lipinski definition) is 3. The molecule has 0 aromatic carbocycles. The molecule has 0 bridgehead atoms. The van der Waals surface area contributed by atoms with Crippen molar-refractivity contribution in [3.8, 4) is 0 Å². The molecule has 0 spiro atoms. The molecule has 0 aliphatic carbocycles. The predicted molar refractivity (Wildman–Crippen MR) is 74.5 cm³/mol. The monoisotopic (exact) mass is 287 g/mol. The van der Waals surface area contributed by atoms with Crippen LogP contribution in [0.25, 0.3) is 0 Å². The summed E-state index contributed by atoms with van der Waals surface area (Å²) in [6, 6.07) is -0.382. The molecule has 0 aliphatic rings. The zero-order valence-corrected chi connectivity index (χ0v) is 12.7. The van der Waals surface area contributed by atoms with Gasteiger partial charge >= 0.3 is 6.09 Å². The Morgan fingerprint density at radius 1 is 1.53 bits per heavy atom. The molecule has 0 aliphatic heterocycles. The summed E-state index contributed by atoms with van der Waals surface area (Å²) in [7, 11) is 0. The van der Waals surface area contributed by atoms with Crippen molar-refractivity contribution < 1.29 is 9.53 Å². The third-order valence-electron chi connectivity index (χ3n) is 2.35. The third kappa shape index (κ3) is 4.23. The number of ether oxygens (including phenoxy) is 1. The maximum Gasteiger partial charge on any atom is 0.408 e. The topological polar surface area (TPSA) is 98.0 Å². The van der Waals surface area contributed by atoms with Crippen molar-refractivity contribution >= 4 is 18.3 Å². The van der Waals surface area contributed by atoms with Crippen molar-refractivity contribution in [1.29, 1.82) is 0 Å². The standard InChI is InChI=1S/C11H21N5O2S/c1-6(2)7(8-14-15-9(19)16(8)12)13-10(17)18-11(3,4)5/h6-7H,12H2,1-5H3,(H,13,17)(H,15,19)/t7-/m1/s1. The van der Waals surface area contributed by atoms with Crippen LogP contribution >= 0.6 is 12.2 Å². The summed E-state index contributed by atoms with van der Waals surface area (Å²) in [4.78, 5) is 11.8. The lowest BCUT2D eigenvalue weighted by atomic mass is 10.0. The van der Waals surface area contributed by atoms with Crippen molar-refractivity contribution in [1.82, 2.24) is 20.2 Å². The first-order chi connectivity index (χ1) is 8.61. The Balaban J connectivity index is 2.89. The van der Waals surface area contributed by atoms with E-state index in [9.17, 15) is 4.79 Å². The lowest BCUT2D eigenvalue weighted by Crippen LogP contribution is -2.38. The fourth-order valence-corrected chi connectivity index (χ4v) is 1.64. The molecule has 1 aromatic heterocycles. The minimum Gasteiger partial charge on any atom is -0.444 e. The van der Waals surface area contributed by atoms with Crippen LogP contribution in [0.2, 0.25) is 0 Å². The van der Waals surface area contributed by atoms with Crippen molar-refractivity contribution in [2.75, 3.05) is 5.84 Å². The number of amides is 1. The Kier molecular flexibility index (Phi) is 4.56. The van der Waals surface area contributed by atoms with E-state index in [1.807, 2.05) is 13.8 Å². The molecule has 0 fully saturated rings. The van der Waals surface area contributed by atoms with E-state index in [2.05, 4.69) is 15.5 Å². The number of nitrogen functional groups attached to an aromatic ring is 1. The Morgan fingerprint density at radius 3 is 2.47 bits per heavy atom. The predicted octanol–water partition coefficient (Wildman–Crippen LogP) is 1.88. The van der Waals surface area contributed by atoms with Crippen molar-refractivity contribution in [3.05, 3.63) is 10.6 Å². The van der Waals surface area contributed by atoms with E-state index in [0.717, 1.165) is 0 Å². The van der Waals surface area contributed by atoms with E-state index in [-0.39, 0.29) is 12.0 Å². The molecule has 0 saturated heterocycles. The average molecular weight is 287 g/mol. The summed E-state index contributed by atoms with van der Waals surface area (Å²) in [6.45, 7) is 9.29. The normalized spacial score (nSPS) is 13.4. The summed E-state index contributed by atoms with van der Waals surface area (Å²) in [5.41, 5.74) is -0.556. The second-order valence-corrected chi connectivity index (χ2v) is 6.01. The average Bonchev–Trinajstić information content (AvgIpc) is 2.54. The zero-order chi connectivity index (χ0) is 14.8. The SMILES string of the molecule is CC(C)[C@@H](NC(=O)OC(C)(C)C)c1n[nH]c(=S)n1N. The highest BCUT2D eigenvalue weighted by atomic mass is 32.1. The number of aromatic amines is 1. The summed E-state index contributed by atoms with van der Waals surface area (Å²) in [5.74, 6) is 6.32. The Labute approximate surface area is 117 Å². The molecule has 0 radical (unpaired) electrons. The number of nitrogens with two attached hydrogens (primary N) is 1. The molecule has 8 heteroatoms. The van der Waals surface area contributed by atoms with Gasteiger partial charge in [-0.3, -0.25) is 5.10 Å². The number of carbonyl (C=O) groups is 1. The number of nitrogens with one attached hydrogen (secondary N) is 2. The van der Waals surface area contributed by atoms with E-state index in [1.54, 1.807) is 20.8 Å². The van der Waals surface area contributed by atoms with Crippen molar-refractivity contribution in [2.24, 2.45) is 5.92 Å². The molecule has 1 heterocycles. The molecule has 1 aromatic rings.